The standard InChI is InChI=1S/C23H26N8O2/c1-14-12-33-10-9-29(14)19-11-16-15(2)30(22(32)23(13-24)5-6-23)8-4-17-20(16)21(26-19)31(28-17)18-3-7-25-27-18/h3,7,11,14-15H,4-6,8-10,12H2,1-2H3,(H,25,27)/t14-,15?/m1/s1. The fourth-order valence-corrected chi connectivity index (χ4v) is 5.10. The molecule has 10 heteroatoms. The third-order valence-electron chi connectivity index (χ3n) is 7.24. The molecule has 0 spiro atoms. The summed E-state index contributed by atoms with van der Waals surface area (Å²) in [5.41, 5.74) is 1.84. The average molecular weight is 447 g/mol. The minimum atomic E-state index is -0.848. The van der Waals surface area contributed by atoms with Gasteiger partial charge in [0.15, 0.2) is 11.5 Å². The summed E-state index contributed by atoms with van der Waals surface area (Å²) in [6, 6.07) is 6.24. The summed E-state index contributed by atoms with van der Waals surface area (Å²) in [6.07, 6.45) is 3.59. The van der Waals surface area contributed by atoms with Crippen molar-refractivity contribution in [1.29, 1.82) is 5.26 Å². The number of pyridine rings is 1. The van der Waals surface area contributed by atoms with Crippen LogP contribution in [0, 0.1) is 16.7 Å². The second-order valence-electron chi connectivity index (χ2n) is 9.30. The minimum absolute atomic E-state index is 0.0599. The largest absolute Gasteiger partial charge is 0.377 e. The molecule has 33 heavy (non-hydrogen) atoms. The molecule has 0 bridgehead atoms. The molecule has 3 aromatic rings. The van der Waals surface area contributed by atoms with Gasteiger partial charge >= 0.3 is 0 Å². The van der Waals surface area contributed by atoms with Crippen LogP contribution in [-0.2, 0) is 16.0 Å². The van der Waals surface area contributed by atoms with Gasteiger partial charge in [-0.25, -0.2) is 4.98 Å². The first kappa shape index (κ1) is 20.2. The van der Waals surface area contributed by atoms with E-state index in [9.17, 15) is 10.1 Å². The lowest BCUT2D eigenvalue weighted by Crippen LogP contribution is -2.44. The van der Waals surface area contributed by atoms with Crippen LogP contribution in [0.2, 0.25) is 0 Å². The summed E-state index contributed by atoms with van der Waals surface area (Å²) in [5.74, 6) is 1.54. The van der Waals surface area contributed by atoms with Crippen LogP contribution in [0.1, 0.15) is 44.0 Å². The van der Waals surface area contributed by atoms with Gasteiger partial charge in [0.05, 0.1) is 43.3 Å². The van der Waals surface area contributed by atoms with Crippen LogP contribution in [0.15, 0.2) is 18.3 Å². The van der Waals surface area contributed by atoms with Crippen LogP contribution in [0.4, 0.5) is 5.82 Å². The van der Waals surface area contributed by atoms with Crippen LogP contribution < -0.4 is 4.90 Å². The average Bonchev–Trinajstić information content (AvgIpc) is 3.32. The zero-order valence-corrected chi connectivity index (χ0v) is 18.8. The third-order valence-corrected chi connectivity index (χ3v) is 7.24. The van der Waals surface area contributed by atoms with E-state index in [0.717, 1.165) is 40.5 Å². The van der Waals surface area contributed by atoms with Crippen molar-refractivity contribution in [3.8, 4) is 11.9 Å². The Bertz CT molecular complexity index is 1270. The molecule has 0 aromatic carbocycles. The van der Waals surface area contributed by atoms with Crippen molar-refractivity contribution in [3.63, 3.8) is 0 Å². The highest BCUT2D eigenvalue weighted by Gasteiger charge is 2.53. The van der Waals surface area contributed by atoms with Gasteiger partial charge in [0.2, 0.25) is 5.91 Å². The number of aromatic nitrogens is 5. The number of ether oxygens (including phenoxy) is 1. The lowest BCUT2D eigenvalue weighted by molar-refractivity contribution is -0.137. The van der Waals surface area contributed by atoms with E-state index in [1.165, 1.54) is 0 Å². The molecular formula is C23H26N8O2. The molecule has 5 heterocycles. The maximum atomic E-state index is 13.4. The van der Waals surface area contributed by atoms with Gasteiger partial charge in [-0.3, -0.25) is 9.89 Å². The Hall–Kier alpha value is -3.45. The first-order valence-electron chi connectivity index (χ1n) is 11.5. The summed E-state index contributed by atoms with van der Waals surface area (Å²) in [5, 5.41) is 22.6. The highest BCUT2D eigenvalue weighted by atomic mass is 16.5. The Morgan fingerprint density at radius 3 is 2.88 bits per heavy atom. The van der Waals surface area contributed by atoms with E-state index in [1.54, 1.807) is 6.20 Å². The van der Waals surface area contributed by atoms with Crippen molar-refractivity contribution in [2.75, 3.05) is 31.2 Å². The maximum absolute atomic E-state index is 13.4. The Kier molecular flexibility index (Phi) is 4.45. The van der Waals surface area contributed by atoms with Crippen molar-refractivity contribution in [1.82, 2.24) is 29.9 Å². The predicted octanol–water partition coefficient (Wildman–Crippen LogP) is 2.12. The van der Waals surface area contributed by atoms with Crippen molar-refractivity contribution in [2.45, 2.75) is 45.2 Å². The van der Waals surface area contributed by atoms with Crippen LogP contribution in [-0.4, -0.2) is 68.1 Å². The molecule has 2 atom stereocenters. The van der Waals surface area contributed by atoms with E-state index in [1.807, 2.05) is 15.6 Å². The van der Waals surface area contributed by atoms with Crippen molar-refractivity contribution >= 4 is 22.8 Å². The number of morpholine rings is 1. The van der Waals surface area contributed by atoms with Crippen molar-refractivity contribution in [2.24, 2.45) is 5.41 Å². The SMILES string of the molecule is CC1c2cc(N3CCOC[C@H]3C)nc3c2c(nn3-c2ccn[nH]2)CCN1C(=O)C1(C#N)CC1. The number of H-pyrrole nitrogens is 1. The Labute approximate surface area is 191 Å². The number of carbonyl (C=O) groups is 1. The molecule has 10 nitrogen and oxygen atoms in total. The first-order chi connectivity index (χ1) is 16.0. The molecule has 1 N–H and O–H groups in total. The van der Waals surface area contributed by atoms with Gasteiger partial charge in [0, 0.05) is 31.0 Å². The summed E-state index contributed by atoms with van der Waals surface area (Å²) >= 11 is 0. The first-order valence-corrected chi connectivity index (χ1v) is 11.5. The second kappa shape index (κ2) is 7.28. The minimum Gasteiger partial charge on any atom is -0.377 e. The van der Waals surface area contributed by atoms with E-state index in [2.05, 4.69) is 41.1 Å². The van der Waals surface area contributed by atoms with Gasteiger partial charge in [-0.2, -0.15) is 20.1 Å². The van der Waals surface area contributed by atoms with Gasteiger partial charge in [0.1, 0.15) is 11.2 Å². The smallest absolute Gasteiger partial charge is 0.243 e. The molecule has 170 valence electrons. The summed E-state index contributed by atoms with van der Waals surface area (Å²) in [6.45, 7) is 6.74. The number of rotatable bonds is 3. The lowest BCUT2D eigenvalue weighted by atomic mass is 10.0. The number of nitrogens with zero attached hydrogens (tertiary/aromatic N) is 7. The predicted molar refractivity (Wildman–Crippen MR) is 120 cm³/mol. The molecule has 2 aliphatic heterocycles. The summed E-state index contributed by atoms with van der Waals surface area (Å²) < 4.78 is 7.46. The summed E-state index contributed by atoms with van der Waals surface area (Å²) in [4.78, 5) is 22.6. The van der Waals surface area contributed by atoms with Crippen LogP contribution in [0.25, 0.3) is 16.9 Å². The molecule has 1 unspecified atom stereocenters. The highest BCUT2D eigenvalue weighted by Crippen LogP contribution is 2.48. The molecular weight excluding hydrogens is 420 g/mol. The highest BCUT2D eigenvalue weighted by molar-refractivity contribution is 5.91. The van der Waals surface area contributed by atoms with Crippen LogP contribution >= 0.6 is 0 Å². The van der Waals surface area contributed by atoms with E-state index in [0.29, 0.717) is 39.0 Å². The molecule has 6 rings (SSSR count). The maximum Gasteiger partial charge on any atom is 0.243 e. The number of carbonyl (C=O) groups excluding carboxylic acids is 1. The number of amides is 1. The molecule has 0 radical (unpaired) electrons. The van der Waals surface area contributed by atoms with E-state index < -0.39 is 5.41 Å². The number of nitrogens with one attached hydrogen (secondary N) is 1. The number of anilines is 1. The second-order valence-corrected chi connectivity index (χ2v) is 9.30. The molecule has 1 aliphatic carbocycles. The van der Waals surface area contributed by atoms with Crippen LogP contribution in [0.3, 0.4) is 0 Å². The molecule has 1 saturated heterocycles. The lowest BCUT2D eigenvalue weighted by Gasteiger charge is -2.35. The third kappa shape index (κ3) is 3.03. The molecule has 3 aromatic heterocycles. The Balaban J connectivity index is 1.53. The van der Waals surface area contributed by atoms with Crippen molar-refractivity contribution < 1.29 is 9.53 Å². The van der Waals surface area contributed by atoms with Crippen molar-refractivity contribution in [3.05, 3.63) is 29.6 Å². The number of hydrogen-bond acceptors (Lipinski definition) is 7. The Morgan fingerprint density at radius 2 is 2.18 bits per heavy atom. The summed E-state index contributed by atoms with van der Waals surface area (Å²) in [7, 11) is 0. The van der Waals surface area contributed by atoms with Gasteiger partial charge in [0.25, 0.3) is 0 Å². The molecule has 1 amide bonds. The van der Waals surface area contributed by atoms with Gasteiger partial charge < -0.3 is 14.5 Å². The normalized spacial score (nSPS) is 23.9. The van der Waals surface area contributed by atoms with Gasteiger partial charge in [-0.1, -0.05) is 0 Å². The monoisotopic (exact) mass is 446 g/mol. The number of nitriles is 1. The van der Waals surface area contributed by atoms with Gasteiger partial charge in [-0.05, 0) is 38.3 Å². The fraction of sp³-hybridized carbons (Fsp3) is 0.522. The zero-order chi connectivity index (χ0) is 22.7. The quantitative estimate of drug-likeness (QED) is 0.655. The number of hydrogen-bond donors (Lipinski definition) is 1. The Morgan fingerprint density at radius 1 is 1.33 bits per heavy atom. The molecule has 1 saturated carbocycles. The van der Waals surface area contributed by atoms with E-state index in [-0.39, 0.29) is 18.0 Å². The molecule has 2 fully saturated rings. The number of aromatic amines is 1. The zero-order valence-electron chi connectivity index (χ0n) is 18.8. The van der Waals surface area contributed by atoms with E-state index in [4.69, 9.17) is 14.8 Å². The molecule has 3 aliphatic rings. The fourth-order valence-electron chi connectivity index (χ4n) is 5.10. The van der Waals surface area contributed by atoms with Crippen LogP contribution in [0.5, 0.6) is 0 Å². The topological polar surface area (TPSA) is 116 Å². The van der Waals surface area contributed by atoms with E-state index >= 15 is 0 Å². The van der Waals surface area contributed by atoms with Gasteiger partial charge in [-0.15, -0.1) is 0 Å².